The molecular formula is C19H35ClN2O5S. The van der Waals surface area contributed by atoms with Crippen LogP contribution in [-0.2, 0) is 9.53 Å². The second kappa shape index (κ2) is 10.8. The number of carbonyl (C=O) groups excluding carboxylic acids is 1. The lowest BCUT2D eigenvalue weighted by atomic mass is 9.86. The van der Waals surface area contributed by atoms with Gasteiger partial charge in [0.2, 0.25) is 5.91 Å². The van der Waals surface area contributed by atoms with E-state index in [4.69, 9.17) is 16.3 Å². The number of alkyl halides is 1. The molecule has 2 fully saturated rings. The Morgan fingerprint density at radius 2 is 2.00 bits per heavy atom. The summed E-state index contributed by atoms with van der Waals surface area (Å²) in [6.45, 7) is 6.85. The number of hydrogen-bond donors (Lipinski definition) is 5. The van der Waals surface area contributed by atoms with E-state index in [0.717, 1.165) is 25.8 Å². The summed E-state index contributed by atoms with van der Waals surface area (Å²) in [5.41, 5.74) is -0.709. The maximum atomic E-state index is 13.0. The second-order valence-corrected chi connectivity index (χ2v) is 9.69. The molecule has 2 aliphatic heterocycles. The fraction of sp³-hybridized carbons (Fsp3) is 0.947. The van der Waals surface area contributed by atoms with E-state index in [1.165, 1.54) is 11.8 Å². The van der Waals surface area contributed by atoms with Crippen molar-refractivity contribution < 1.29 is 24.9 Å². The normalized spacial score (nSPS) is 41.7. The van der Waals surface area contributed by atoms with Crippen molar-refractivity contribution >= 4 is 29.3 Å². The van der Waals surface area contributed by atoms with E-state index in [-0.39, 0.29) is 11.9 Å². The second-order valence-electron chi connectivity index (χ2n) is 8.07. The van der Waals surface area contributed by atoms with Crippen molar-refractivity contribution in [3.05, 3.63) is 0 Å². The van der Waals surface area contributed by atoms with Gasteiger partial charge in [-0.25, -0.2) is 0 Å². The number of nitrogens with one attached hydrogen (secondary N) is 2. The minimum atomic E-state index is -1.37. The fourth-order valence-corrected chi connectivity index (χ4v) is 5.16. The van der Waals surface area contributed by atoms with Crippen molar-refractivity contribution in [2.75, 3.05) is 12.8 Å². The lowest BCUT2D eigenvalue weighted by Gasteiger charge is -2.44. The first-order valence-corrected chi connectivity index (χ1v) is 11.8. The SMILES string of the molecule is CCC1CCNC(C(=O)NC(C(C)Cl)C2OC(SC)C(O)C(O)C2O)CC1C. The Balaban J connectivity index is 2.10. The number of halogens is 1. The Hall–Kier alpha value is -0.0900. The third kappa shape index (κ3) is 5.53. The average Bonchev–Trinajstić information content (AvgIpc) is 2.85. The van der Waals surface area contributed by atoms with Crippen LogP contribution in [-0.4, -0.2) is 81.3 Å². The molecule has 0 aliphatic carbocycles. The molecule has 0 aromatic rings. The van der Waals surface area contributed by atoms with Gasteiger partial charge in [0, 0.05) is 0 Å². The number of hydrogen-bond acceptors (Lipinski definition) is 7. The highest BCUT2D eigenvalue weighted by Gasteiger charge is 2.48. The third-order valence-electron chi connectivity index (χ3n) is 6.16. The van der Waals surface area contributed by atoms with Crippen LogP contribution in [0, 0.1) is 11.8 Å². The van der Waals surface area contributed by atoms with Crippen LogP contribution in [0.4, 0.5) is 0 Å². The van der Waals surface area contributed by atoms with Crippen LogP contribution in [0.2, 0.25) is 0 Å². The molecule has 0 saturated carbocycles. The highest BCUT2D eigenvalue weighted by atomic mass is 35.5. The Labute approximate surface area is 176 Å². The number of carbonyl (C=O) groups is 1. The molecule has 0 bridgehead atoms. The molecule has 2 heterocycles. The maximum absolute atomic E-state index is 13.0. The van der Waals surface area contributed by atoms with Crippen LogP contribution < -0.4 is 10.6 Å². The Kier molecular flexibility index (Phi) is 9.32. The lowest BCUT2D eigenvalue weighted by Crippen LogP contribution is -2.65. The minimum absolute atomic E-state index is 0.182. The van der Waals surface area contributed by atoms with Crippen molar-refractivity contribution in [1.29, 1.82) is 0 Å². The van der Waals surface area contributed by atoms with Crippen molar-refractivity contribution in [1.82, 2.24) is 10.6 Å². The van der Waals surface area contributed by atoms with E-state index in [1.54, 1.807) is 13.2 Å². The summed E-state index contributed by atoms with van der Waals surface area (Å²) < 4.78 is 5.81. The molecule has 0 aromatic carbocycles. The van der Waals surface area contributed by atoms with E-state index in [1.807, 2.05) is 0 Å². The van der Waals surface area contributed by atoms with Gasteiger partial charge in [-0.15, -0.1) is 23.4 Å². The Morgan fingerprint density at radius 3 is 2.57 bits per heavy atom. The lowest BCUT2D eigenvalue weighted by molar-refractivity contribution is -0.205. The summed E-state index contributed by atoms with van der Waals surface area (Å²) in [7, 11) is 0. The van der Waals surface area contributed by atoms with E-state index in [9.17, 15) is 20.1 Å². The fourth-order valence-electron chi connectivity index (χ4n) is 4.27. The molecule has 1 amide bonds. The van der Waals surface area contributed by atoms with Gasteiger partial charge in [0.05, 0.1) is 17.5 Å². The molecule has 28 heavy (non-hydrogen) atoms. The number of amides is 1. The quantitative estimate of drug-likeness (QED) is 0.388. The zero-order chi connectivity index (χ0) is 21.0. The van der Waals surface area contributed by atoms with Gasteiger partial charge >= 0.3 is 0 Å². The molecule has 10 atom stereocenters. The molecule has 0 spiro atoms. The number of aliphatic hydroxyl groups excluding tert-OH is 3. The van der Waals surface area contributed by atoms with Gasteiger partial charge in [0.15, 0.2) is 0 Å². The smallest absolute Gasteiger partial charge is 0.237 e. The van der Waals surface area contributed by atoms with Crippen molar-refractivity contribution in [2.45, 2.75) is 87.3 Å². The highest BCUT2D eigenvalue weighted by Crippen LogP contribution is 2.31. The van der Waals surface area contributed by atoms with Crippen LogP contribution in [0.1, 0.15) is 40.0 Å². The third-order valence-corrected chi connectivity index (χ3v) is 7.28. The van der Waals surface area contributed by atoms with Gasteiger partial charge in [-0.3, -0.25) is 4.79 Å². The monoisotopic (exact) mass is 438 g/mol. The summed E-state index contributed by atoms with van der Waals surface area (Å²) in [5, 5.41) is 36.4. The zero-order valence-corrected chi connectivity index (χ0v) is 18.6. The first-order valence-electron chi connectivity index (χ1n) is 10.1. The summed E-state index contributed by atoms with van der Waals surface area (Å²) >= 11 is 7.56. The van der Waals surface area contributed by atoms with Gasteiger partial charge in [0.1, 0.15) is 29.9 Å². The predicted octanol–water partition coefficient (Wildman–Crippen LogP) is 0.683. The standard InChI is InChI=1S/C19H35ClN2O5S/c1-5-11-6-7-21-12(8-9(11)2)18(26)22-13(10(3)20)17-15(24)14(23)16(25)19(27-17)28-4/h9-17,19,21,23-25H,5-8H2,1-4H3,(H,22,26). The molecule has 0 aromatic heterocycles. The summed E-state index contributed by atoms with van der Waals surface area (Å²) in [5.74, 6) is 0.839. The average molecular weight is 439 g/mol. The zero-order valence-electron chi connectivity index (χ0n) is 17.0. The molecule has 164 valence electrons. The largest absolute Gasteiger partial charge is 0.388 e. The Bertz CT molecular complexity index is 513. The van der Waals surface area contributed by atoms with Crippen LogP contribution in [0.15, 0.2) is 0 Å². The molecule has 0 radical (unpaired) electrons. The maximum Gasteiger partial charge on any atom is 0.237 e. The van der Waals surface area contributed by atoms with Gasteiger partial charge in [-0.2, -0.15) is 0 Å². The van der Waals surface area contributed by atoms with Gasteiger partial charge in [-0.05, 0) is 44.4 Å². The summed E-state index contributed by atoms with van der Waals surface area (Å²) in [6.07, 6.45) is -0.234. The molecule has 7 nitrogen and oxygen atoms in total. The summed E-state index contributed by atoms with van der Waals surface area (Å²) in [4.78, 5) is 13.0. The van der Waals surface area contributed by atoms with E-state index in [2.05, 4.69) is 24.5 Å². The molecule has 9 heteroatoms. The molecule has 5 N–H and O–H groups in total. The molecular weight excluding hydrogens is 404 g/mol. The molecule has 10 unspecified atom stereocenters. The minimum Gasteiger partial charge on any atom is -0.388 e. The van der Waals surface area contributed by atoms with Crippen LogP contribution in [0.3, 0.4) is 0 Å². The van der Waals surface area contributed by atoms with E-state index >= 15 is 0 Å². The van der Waals surface area contributed by atoms with E-state index < -0.39 is 41.3 Å². The van der Waals surface area contributed by atoms with Crippen LogP contribution in [0.25, 0.3) is 0 Å². The van der Waals surface area contributed by atoms with Crippen molar-refractivity contribution in [3.8, 4) is 0 Å². The highest BCUT2D eigenvalue weighted by molar-refractivity contribution is 7.99. The van der Waals surface area contributed by atoms with Gasteiger partial charge < -0.3 is 30.7 Å². The summed E-state index contributed by atoms with van der Waals surface area (Å²) in [6, 6.07) is -1.04. The first kappa shape index (κ1) is 24.2. The van der Waals surface area contributed by atoms with Crippen molar-refractivity contribution in [3.63, 3.8) is 0 Å². The molecule has 2 aliphatic rings. The number of aliphatic hydroxyl groups is 3. The number of thioether (sulfide) groups is 1. The Morgan fingerprint density at radius 1 is 1.32 bits per heavy atom. The van der Waals surface area contributed by atoms with Crippen molar-refractivity contribution in [2.24, 2.45) is 11.8 Å². The predicted molar refractivity (Wildman–Crippen MR) is 111 cm³/mol. The number of ether oxygens (including phenoxy) is 1. The molecule has 2 rings (SSSR count). The molecule has 2 saturated heterocycles. The van der Waals surface area contributed by atoms with Gasteiger partial charge in [0.25, 0.3) is 0 Å². The number of rotatable bonds is 6. The first-order chi connectivity index (χ1) is 13.2. The van der Waals surface area contributed by atoms with Gasteiger partial charge in [-0.1, -0.05) is 20.3 Å². The topological polar surface area (TPSA) is 111 Å². The van der Waals surface area contributed by atoms with Crippen LogP contribution in [0.5, 0.6) is 0 Å². The van der Waals surface area contributed by atoms with E-state index in [0.29, 0.717) is 11.8 Å². The van der Waals surface area contributed by atoms with Crippen LogP contribution >= 0.6 is 23.4 Å².